The van der Waals surface area contributed by atoms with E-state index in [1.54, 1.807) is 37.3 Å². The van der Waals surface area contributed by atoms with Crippen LogP contribution in [0, 0.1) is 19.8 Å². The number of carbonyl (C=O) groups excluding carboxylic acids is 1. The highest BCUT2D eigenvalue weighted by Crippen LogP contribution is 2.41. The number of hydrogen-bond acceptors (Lipinski definition) is 7. The number of nitrogens with zero attached hydrogens (tertiary/aromatic N) is 4. The number of benzene rings is 1. The molecule has 0 radical (unpaired) electrons. The third-order valence-electron chi connectivity index (χ3n) is 6.11. The molecule has 4 rings (SSSR count). The normalized spacial score (nSPS) is 20.6. The molecule has 2 aromatic rings. The number of amides is 2. The molecule has 3 heterocycles. The van der Waals surface area contributed by atoms with Gasteiger partial charge in [-0.3, -0.25) is 9.80 Å². The van der Waals surface area contributed by atoms with Crippen molar-refractivity contribution in [1.29, 1.82) is 0 Å². The van der Waals surface area contributed by atoms with Crippen molar-refractivity contribution >= 4 is 23.5 Å². The lowest BCUT2D eigenvalue weighted by Gasteiger charge is -2.36. The van der Waals surface area contributed by atoms with Crippen LogP contribution in [0.1, 0.15) is 23.6 Å². The SMILES string of the molecule is COc1cc(OC)c(C)c(N2Cc3cnc(NC4COCC4C)nc3N(C)C2=O)c1C. The van der Waals surface area contributed by atoms with Gasteiger partial charge in [-0.1, -0.05) is 6.92 Å². The van der Waals surface area contributed by atoms with Crippen molar-refractivity contribution in [3.8, 4) is 11.5 Å². The average molecular weight is 428 g/mol. The first-order valence-electron chi connectivity index (χ1n) is 10.3. The van der Waals surface area contributed by atoms with Crippen molar-refractivity contribution in [3.63, 3.8) is 0 Å². The highest BCUT2D eigenvalue weighted by molar-refractivity contribution is 6.06. The van der Waals surface area contributed by atoms with Gasteiger partial charge in [-0.2, -0.15) is 4.98 Å². The number of carbonyl (C=O) groups is 1. The van der Waals surface area contributed by atoms with Crippen molar-refractivity contribution in [1.82, 2.24) is 9.97 Å². The van der Waals surface area contributed by atoms with Gasteiger partial charge in [-0.05, 0) is 13.8 Å². The molecular weight excluding hydrogens is 398 g/mol. The minimum Gasteiger partial charge on any atom is -0.496 e. The van der Waals surface area contributed by atoms with E-state index < -0.39 is 0 Å². The summed E-state index contributed by atoms with van der Waals surface area (Å²) in [6, 6.07) is 1.83. The summed E-state index contributed by atoms with van der Waals surface area (Å²) in [6.07, 6.45) is 1.78. The summed E-state index contributed by atoms with van der Waals surface area (Å²) in [5, 5.41) is 3.34. The van der Waals surface area contributed by atoms with Crippen molar-refractivity contribution in [3.05, 3.63) is 29.0 Å². The molecule has 2 amide bonds. The third-order valence-corrected chi connectivity index (χ3v) is 6.11. The van der Waals surface area contributed by atoms with Gasteiger partial charge in [0.1, 0.15) is 17.3 Å². The Hall–Kier alpha value is -3.07. The first-order valence-corrected chi connectivity index (χ1v) is 10.3. The number of urea groups is 1. The maximum Gasteiger partial charge on any atom is 0.330 e. The van der Waals surface area contributed by atoms with E-state index in [1.165, 1.54) is 0 Å². The second kappa shape index (κ2) is 8.22. The number of hydrogen-bond donors (Lipinski definition) is 1. The maximum absolute atomic E-state index is 13.4. The van der Waals surface area contributed by atoms with Crippen LogP contribution in [0.5, 0.6) is 11.5 Å². The van der Waals surface area contributed by atoms with Gasteiger partial charge in [0, 0.05) is 41.9 Å². The highest BCUT2D eigenvalue weighted by Gasteiger charge is 2.34. The van der Waals surface area contributed by atoms with Crippen LogP contribution in [0.25, 0.3) is 0 Å². The number of fused-ring (bicyclic) bond motifs is 1. The van der Waals surface area contributed by atoms with Crippen molar-refractivity contribution < 1.29 is 19.0 Å². The van der Waals surface area contributed by atoms with Gasteiger partial charge in [0.2, 0.25) is 5.95 Å². The molecule has 0 spiro atoms. The van der Waals surface area contributed by atoms with E-state index >= 15 is 0 Å². The topological polar surface area (TPSA) is 89.1 Å². The Labute approximate surface area is 182 Å². The summed E-state index contributed by atoms with van der Waals surface area (Å²) in [5.41, 5.74) is 3.39. The first kappa shape index (κ1) is 21.2. The minimum atomic E-state index is -0.170. The molecular formula is C22H29N5O4. The molecule has 2 aliphatic rings. The van der Waals surface area contributed by atoms with E-state index in [0.717, 1.165) is 29.0 Å². The molecule has 31 heavy (non-hydrogen) atoms. The predicted octanol–water partition coefficient (Wildman–Crippen LogP) is 3.13. The molecule has 2 aliphatic heterocycles. The molecule has 1 fully saturated rings. The molecule has 166 valence electrons. The Morgan fingerprint density at radius 3 is 2.42 bits per heavy atom. The predicted molar refractivity (Wildman–Crippen MR) is 118 cm³/mol. The number of nitrogens with one attached hydrogen (secondary N) is 1. The van der Waals surface area contributed by atoms with Crippen LogP contribution in [-0.2, 0) is 11.3 Å². The summed E-state index contributed by atoms with van der Waals surface area (Å²) in [6.45, 7) is 7.72. The van der Waals surface area contributed by atoms with Crippen LogP contribution in [0.2, 0.25) is 0 Å². The second-order valence-electron chi connectivity index (χ2n) is 8.12. The number of rotatable bonds is 5. The van der Waals surface area contributed by atoms with Gasteiger partial charge in [0.15, 0.2) is 0 Å². The zero-order valence-electron chi connectivity index (χ0n) is 18.9. The van der Waals surface area contributed by atoms with Crippen LogP contribution >= 0.6 is 0 Å². The average Bonchev–Trinajstić information content (AvgIpc) is 3.16. The quantitative estimate of drug-likeness (QED) is 0.784. The molecule has 1 saturated heterocycles. The number of ether oxygens (including phenoxy) is 3. The van der Waals surface area contributed by atoms with E-state index in [1.807, 2.05) is 19.9 Å². The number of methoxy groups -OCH3 is 2. The van der Waals surface area contributed by atoms with Crippen LogP contribution < -0.4 is 24.6 Å². The lowest BCUT2D eigenvalue weighted by molar-refractivity contribution is 0.187. The number of aromatic nitrogens is 2. The van der Waals surface area contributed by atoms with Crippen molar-refractivity contribution in [2.24, 2.45) is 5.92 Å². The van der Waals surface area contributed by atoms with Crippen LogP contribution in [0.15, 0.2) is 12.3 Å². The monoisotopic (exact) mass is 427 g/mol. The van der Waals surface area contributed by atoms with Crippen molar-refractivity contribution in [2.75, 3.05) is 49.6 Å². The first-order chi connectivity index (χ1) is 14.8. The lowest BCUT2D eigenvalue weighted by Crippen LogP contribution is -2.46. The minimum absolute atomic E-state index is 0.161. The highest BCUT2D eigenvalue weighted by atomic mass is 16.5. The Morgan fingerprint density at radius 1 is 1.16 bits per heavy atom. The fourth-order valence-corrected chi connectivity index (χ4v) is 4.24. The molecule has 2 atom stereocenters. The Balaban J connectivity index is 1.69. The Morgan fingerprint density at radius 2 is 1.84 bits per heavy atom. The summed E-state index contributed by atoms with van der Waals surface area (Å²) >= 11 is 0. The van der Waals surface area contributed by atoms with Crippen molar-refractivity contribution in [2.45, 2.75) is 33.4 Å². The summed E-state index contributed by atoms with van der Waals surface area (Å²) in [5.74, 6) is 2.83. The second-order valence-corrected chi connectivity index (χ2v) is 8.12. The van der Waals surface area contributed by atoms with E-state index in [-0.39, 0.29) is 12.1 Å². The van der Waals surface area contributed by atoms with E-state index in [9.17, 15) is 4.79 Å². The largest absolute Gasteiger partial charge is 0.496 e. The van der Waals surface area contributed by atoms with E-state index in [0.29, 0.717) is 42.3 Å². The molecule has 9 nitrogen and oxygen atoms in total. The third kappa shape index (κ3) is 3.63. The van der Waals surface area contributed by atoms with E-state index in [2.05, 4.69) is 22.2 Å². The molecule has 1 aromatic carbocycles. The van der Waals surface area contributed by atoms with Crippen LogP contribution in [0.4, 0.5) is 22.2 Å². The molecule has 0 bridgehead atoms. The molecule has 1 aromatic heterocycles. The number of anilines is 3. The summed E-state index contributed by atoms with van der Waals surface area (Å²) in [4.78, 5) is 25.8. The maximum atomic E-state index is 13.4. The zero-order chi connectivity index (χ0) is 22.3. The zero-order valence-corrected chi connectivity index (χ0v) is 18.9. The molecule has 0 aliphatic carbocycles. The van der Waals surface area contributed by atoms with Gasteiger partial charge in [0.25, 0.3) is 0 Å². The van der Waals surface area contributed by atoms with Gasteiger partial charge in [0.05, 0.1) is 45.7 Å². The molecule has 2 unspecified atom stereocenters. The molecule has 9 heteroatoms. The van der Waals surface area contributed by atoms with E-state index in [4.69, 9.17) is 14.2 Å². The summed E-state index contributed by atoms with van der Waals surface area (Å²) in [7, 11) is 4.95. The Bertz CT molecular complexity index is 984. The van der Waals surface area contributed by atoms with Gasteiger partial charge >= 0.3 is 6.03 Å². The fourth-order valence-electron chi connectivity index (χ4n) is 4.24. The smallest absolute Gasteiger partial charge is 0.330 e. The molecule has 0 saturated carbocycles. The lowest BCUT2D eigenvalue weighted by atomic mass is 10.0. The standard InChI is InChI=1S/C22H29N5O4/c1-12-10-31-11-16(12)24-21-23-8-15-9-27(22(28)26(4)20(15)25-21)19-13(2)17(29-5)7-18(30-6)14(19)3/h7-8,12,16H,9-11H2,1-6H3,(H,23,24,25). The van der Waals surface area contributed by atoms with Gasteiger partial charge < -0.3 is 19.5 Å². The Kier molecular flexibility index (Phi) is 5.62. The van der Waals surface area contributed by atoms with Gasteiger partial charge in [-0.25, -0.2) is 9.78 Å². The summed E-state index contributed by atoms with van der Waals surface area (Å²) < 4.78 is 16.5. The van der Waals surface area contributed by atoms with Gasteiger partial charge in [-0.15, -0.1) is 0 Å². The molecule has 1 N–H and O–H groups in total. The van der Waals surface area contributed by atoms with Crippen LogP contribution in [0.3, 0.4) is 0 Å². The van der Waals surface area contributed by atoms with Crippen LogP contribution in [-0.4, -0.2) is 56.5 Å². The fraction of sp³-hybridized carbons (Fsp3) is 0.500.